The summed E-state index contributed by atoms with van der Waals surface area (Å²) < 4.78 is 77.3. The molecule has 0 radical (unpaired) electrons. The predicted octanol–water partition coefficient (Wildman–Crippen LogP) is 6.51. The zero-order valence-corrected chi connectivity index (χ0v) is 12.4. The Morgan fingerprint density at radius 1 is 0.696 bits per heavy atom. The van der Waals surface area contributed by atoms with Crippen molar-refractivity contribution in [1.29, 1.82) is 0 Å². The Labute approximate surface area is 129 Å². The zero-order valence-electron chi connectivity index (χ0n) is 12.4. The van der Waals surface area contributed by atoms with Crippen LogP contribution in [0.3, 0.4) is 0 Å². The molecule has 0 atom stereocenters. The molecule has 2 rings (SSSR count). The van der Waals surface area contributed by atoms with E-state index in [1.165, 1.54) is 0 Å². The van der Waals surface area contributed by atoms with Gasteiger partial charge in [0.05, 0.1) is 11.1 Å². The lowest BCUT2D eigenvalue weighted by Crippen LogP contribution is -2.16. The third-order valence-corrected chi connectivity index (χ3v) is 3.52. The number of hydrogen-bond acceptors (Lipinski definition) is 0. The molecule has 0 aliphatic carbocycles. The highest BCUT2D eigenvalue weighted by Crippen LogP contribution is 2.42. The van der Waals surface area contributed by atoms with Crippen LogP contribution in [0.4, 0.5) is 26.3 Å². The molecule has 2 aromatic rings. The molecule has 0 amide bonds. The summed E-state index contributed by atoms with van der Waals surface area (Å²) in [7, 11) is 0. The number of halogens is 6. The van der Waals surface area contributed by atoms with Gasteiger partial charge in [-0.2, -0.15) is 26.3 Å². The molecule has 0 saturated carbocycles. The molecule has 0 nitrogen and oxygen atoms in total. The smallest absolute Gasteiger partial charge is 0.166 e. The molecular weight excluding hydrogens is 318 g/mol. The van der Waals surface area contributed by atoms with E-state index in [0.29, 0.717) is 17.7 Å². The Balaban J connectivity index is 2.60. The van der Waals surface area contributed by atoms with Gasteiger partial charge >= 0.3 is 12.4 Å². The molecule has 0 fully saturated rings. The maximum absolute atomic E-state index is 13.0. The second-order valence-electron chi connectivity index (χ2n) is 5.54. The first-order valence-electron chi connectivity index (χ1n) is 6.89. The number of benzene rings is 2. The van der Waals surface area contributed by atoms with Crippen LogP contribution in [0.25, 0.3) is 11.1 Å². The molecule has 0 aliphatic heterocycles. The van der Waals surface area contributed by atoms with Crippen LogP contribution in [-0.2, 0) is 12.4 Å². The maximum atomic E-state index is 13.0. The maximum Gasteiger partial charge on any atom is 0.417 e. The van der Waals surface area contributed by atoms with Crippen molar-refractivity contribution in [3.8, 4) is 11.1 Å². The summed E-state index contributed by atoms with van der Waals surface area (Å²) in [5.41, 5.74) is -1.88. The van der Waals surface area contributed by atoms with E-state index in [-0.39, 0.29) is 11.5 Å². The van der Waals surface area contributed by atoms with Gasteiger partial charge in [0.1, 0.15) is 0 Å². The lowest BCUT2D eigenvalue weighted by atomic mass is 9.95. The van der Waals surface area contributed by atoms with E-state index in [9.17, 15) is 26.3 Å². The first-order chi connectivity index (χ1) is 10.5. The van der Waals surface area contributed by atoms with Gasteiger partial charge in [0, 0.05) is 0 Å². The summed E-state index contributed by atoms with van der Waals surface area (Å²) in [6, 6.07) is 8.88. The fourth-order valence-electron chi connectivity index (χ4n) is 2.28. The van der Waals surface area contributed by atoms with E-state index >= 15 is 0 Å². The minimum absolute atomic E-state index is 0.104. The van der Waals surface area contributed by atoms with E-state index in [2.05, 4.69) is 0 Å². The van der Waals surface area contributed by atoms with Crippen LogP contribution >= 0.6 is 0 Å². The second-order valence-corrected chi connectivity index (χ2v) is 5.54. The highest BCUT2D eigenvalue weighted by molar-refractivity contribution is 5.66. The average molecular weight is 332 g/mol. The van der Waals surface area contributed by atoms with Crippen LogP contribution < -0.4 is 0 Å². The minimum Gasteiger partial charge on any atom is -0.166 e. The molecule has 23 heavy (non-hydrogen) atoms. The highest BCUT2D eigenvalue weighted by Gasteiger charge is 2.43. The van der Waals surface area contributed by atoms with Gasteiger partial charge in [-0.05, 0) is 34.7 Å². The summed E-state index contributed by atoms with van der Waals surface area (Å²) in [5, 5.41) is 0. The minimum atomic E-state index is -5.07. The van der Waals surface area contributed by atoms with Crippen LogP contribution in [0.5, 0.6) is 0 Å². The van der Waals surface area contributed by atoms with Crippen molar-refractivity contribution in [3.05, 3.63) is 59.2 Å². The van der Waals surface area contributed by atoms with Crippen molar-refractivity contribution in [2.75, 3.05) is 0 Å². The Kier molecular flexibility index (Phi) is 4.46. The van der Waals surface area contributed by atoms with Gasteiger partial charge in [0.2, 0.25) is 0 Å². The molecule has 0 unspecified atom stereocenters. The normalized spacial score (nSPS) is 12.7. The Morgan fingerprint density at radius 2 is 1.26 bits per heavy atom. The van der Waals surface area contributed by atoms with Gasteiger partial charge in [-0.25, -0.2) is 0 Å². The average Bonchev–Trinajstić information content (AvgIpc) is 2.45. The molecule has 2 aromatic carbocycles. The van der Waals surface area contributed by atoms with Crippen LogP contribution in [0.2, 0.25) is 0 Å². The molecule has 0 bridgehead atoms. The number of alkyl halides is 6. The zero-order chi connectivity index (χ0) is 17.4. The van der Waals surface area contributed by atoms with E-state index in [4.69, 9.17) is 0 Å². The second kappa shape index (κ2) is 5.91. The lowest BCUT2D eigenvalue weighted by molar-refractivity contribution is -0.162. The van der Waals surface area contributed by atoms with Crippen LogP contribution in [0.1, 0.15) is 36.5 Å². The fraction of sp³-hybridized carbons (Fsp3) is 0.294. The molecule has 0 saturated heterocycles. The van der Waals surface area contributed by atoms with Gasteiger partial charge in [-0.3, -0.25) is 0 Å². The van der Waals surface area contributed by atoms with Crippen molar-refractivity contribution < 1.29 is 26.3 Å². The molecule has 0 aliphatic rings. The summed E-state index contributed by atoms with van der Waals surface area (Å²) in [4.78, 5) is 0. The topological polar surface area (TPSA) is 0 Å². The van der Waals surface area contributed by atoms with Gasteiger partial charge in [0.15, 0.2) is 0 Å². The first kappa shape index (κ1) is 17.4. The highest BCUT2D eigenvalue weighted by atomic mass is 19.4. The molecular formula is C17H14F6. The monoisotopic (exact) mass is 332 g/mol. The third-order valence-electron chi connectivity index (χ3n) is 3.52. The van der Waals surface area contributed by atoms with Crippen molar-refractivity contribution in [2.24, 2.45) is 0 Å². The van der Waals surface area contributed by atoms with Crippen molar-refractivity contribution in [2.45, 2.75) is 32.1 Å². The molecule has 6 heteroatoms. The Bertz CT molecular complexity index is 695. The van der Waals surface area contributed by atoms with Gasteiger partial charge in [0.25, 0.3) is 0 Å². The van der Waals surface area contributed by atoms with Crippen LogP contribution in [-0.4, -0.2) is 0 Å². The van der Waals surface area contributed by atoms with Gasteiger partial charge < -0.3 is 0 Å². The van der Waals surface area contributed by atoms with E-state index < -0.39 is 23.5 Å². The first-order valence-corrected chi connectivity index (χ1v) is 6.89. The summed E-state index contributed by atoms with van der Waals surface area (Å²) in [5.74, 6) is 0.159. The number of hydrogen-bond donors (Lipinski definition) is 0. The number of rotatable bonds is 2. The van der Waals surface area contributed by atoms with Crippen molar-refractivity contribution >= 4 is 0 Å². The van der Waals surface area contributed by atoms with E-state index in [1.807, 2.05) is 19.9 Å². The van der Waals surface area contributed by atoms with Crippen LogP contribution in [0, 0.1) is 0 Å². The summed E-state index contributed by atoms with van der Waals surface area (Å²) in [6.07, 6.45) is -10.1. The largest absolute Gasteiger partial charge is 0.417 e. The van der Waals surface area contributed by atoms with Gasteiger partial charge in [-0.15, -0.1) is 0 Å². The van der Waals surface area contributed by atoms with Crippen molar-refractivity contribution in [3.63, 3.8) is 0 Å². The van der Waals surface area contributed by atoms with E-state index in [0.717, 1.165) is 11.6 Å². The quantitative estimate of drug-likeness (QED) is 0.550. The van der Waals surface area contributed by atoms with Gasteiger partial charge in [-0.1, -0.05) is 44.2 Å². The SMILES string of the molecule is CC(C)c1cccc(-c2ccc(C(F)(F)F)c(C(F)(F)F)c2)c1. The third kappa shape index (κ3) is 3.86. The standard InChI is InChI=1S/C17H14F6/c1-10(2)11-4-3-5-12(8-11)13-6-7-14(16(18,19)20)15(9-13)17(21,22)23/h3-10H,1-2H3. The Morgan fingerprint density at radius 3 is 1.78 bits per heavy atom. The predicted molar refractivity (Wildman–Crippen MR) is 76.0 cm³/mol. The summed E-state index contributed by atoms with van der Waals surface area (Å²) >= 11 is 0. The molecule has 124 valence electrons. The fourth-order valence-corrected chi connectivity index (χ4v) is 2.28. The Hall–Kier alpha value is -1.98. The molecule has 0 aromatic heterocycles. The van der Waals surface area contributed by atoms with Crippen LogP contribution in [0.15, 0.2) is 42.5 Å². The molecule has 0 heterocycles. The van der Waals surface area contributed by atoms with Crippen molar-refractivity contribution in [1.82, 2.24) is 0 Å². The molecule has 0 spiro atoms. The van der Waals surface area contributed by atoms with E-state index in [1.54, 1.807) is 18.2 Å². The lowest BCUT2D eigenvalue weighted by Gasteiger charge is -2.17. The molecule has 0 N–H and O–H groups in total. The summed E-state index contributed by atoms with van der Waals surface area (Å²) in [6.45, 7) is 3.85.